The number of carbonyl (C=O) groups excluding carboxylic acids is 2. The van der Waals surface area contributed by atoms with Gasteiger partial charge >= 0.3 is 0 Å². The molecule has 0 aliphatic carbocycles. The number of halogens is 1. The van der Waals surface area contributed by atoms with Crippen molar-refractivity contribution in [3.63, 3.8) is 0 Å². The van der Waals surface area contributed by atoms with E-state index < -0.39 is 6.10 Å². The Hall–Kier alpha value is -1.99. The number of hydrogen-bond donors (Lipinski definition) is 2. The normalized spacial score (nSPS) is 16.9. The molecule has 1 atom stereocenters. The first-order valence-corrected chi connectivity index (χ1v) is 7.70. The summed E-state index contributed by atoms with van der Waals surface area (Å²) in [5.41, 5.74) is 0.573. The quantitative estimate of drug-likeness (QED) is 0.836. The molecule has 2 N–H and O–H groups in total. The lowest BCUT2D eigenvalue weighted by atomic mass is 10.2. The van der Waals surface area contributed by atoms with Gasteiger partial charge in [-0.05, 0) is 31.2 Å². The summed E-state index contributed by atoms with van der Waals surface area (Å²) in [7, 11) is 0. The van der Waals surface area contributed by atoms with E-state index in [0.29, 0.717) is 44.8 Å². The SMILES string of the molecule is C[C@@H](O)C(=O)N1CCN(CCC(=O)Nc2ccc(F)cc2)CC1. The Kier molecular flexibility index (Phi) is 6.06. The van der Waals surface area contributed by atoms with E-state index in [1.54, 1.807) is 4.90 Å². The van der Waals surface area contributed by atoms with E-state index in [0.717, 1.165) is 0 Å². The highest BCUT2D eigenvalue weighted by molar-refractivity contribution is 5.90. The zero-order valence-electron chi connectivity index (χ0n) is 13.2. The van der Waals surface area contributed by atoms with Crippen LogP contribution in [0.1, 0.15) is 13.3 Å². The van der Waals surface area contributed by atoms with Gasteiger partial charge in [-0.2, -0.15) is 0 Å². The summed E-state index contributed by atoms with van der Waals surface area (Å²) in [6.07, 6.45) is -0.634. The molecule has 0 saturated carbocycles. The Morgan fingerprint density at radius 1 is 1.22 bits per heavy atom. The predicted molar refractivity (Wildman–Crippen MR) is 84.3 cm³/mol. The molecule has 1 aromatic rings. The average Bonchev–Trinajstić information content (AvgIpc) is 2.55. The molecule has 0 spiro atoms. The Morgan fingerprint density at radius 3 is 2.39 bits per heavy atom. The van der Waals surface area contributed by atoms with Crippen molar-refractivity contribution >= 4 is 17.5 Å². The Labute approximate surface area is 134 Å². The number of piperazine rings is 1. The summed E-state index contributed by atoms with van der Waals surface area (Å²) < 4.78 is 12.8. The van der Waals surface area contributed by atoms with Gasteiger partial charge in [0.25, 0.3) is 5.91 Å². The molecule has 0 radical (unpaired) electrons. The van der Waals surface area contributed by atoms with Crippen LogP contribution in [0.3, 0.4) is 0 Å². The third kappa shape index (κ3) is 5.30. The number of carbonyl (C=O) groups is 2. The van der Waals surface area contributed by atoms with Crippen molar-refractivity contribution in [2.75, 3.05) is 38.0 Å². The lowest BCUT2D eigenvalue weighted by Crippen LogP contribution is -2.51. The minimum absolute atomic E-state index is 0.126. The minimum atomic E-state index is -0.969. The first-order chi connectivity index (χ1) is 11.0. The molecule has 0 bridgehead atoms. The van der Waals surface area contributed by atoms with Crippen LogP contribution < -0.4 is 5.32 Å². The molecule has 7 heteroatoms. The molecule has 1 aromatic carbocycles. The van der Waals surface area contributed by atoms with Gasteiger partial charge in [0.05, 0.1) is 0 Å². The first kappa shape index (κ1) is 17.4. The molecule has 1 aliphatic rings. The fourth-order valence-electron chi connectivity index (χ4n) is 2.47. The summed E-state index contributed by atoms with van der Waals surface area (Å²) in [5.74, 6) is -0.717. The smallest absolute Gasteiger partial charge is 0.251 e. The van der Waals surface area contributed by atoms with Gasteiger partial charge in [-0.15, -0.1) is 0 Å². The molecule has 0 unspecified atom stereocenters. The van der Waals surface area contributed by atoms with Gasteiger partial charge in [-0.3, -0.25) is 14.5 Å². The molecule has 1 aliphatic heterocycles. The average molecular weight is 323 g/mol. The molecule has 2 rings (SSSR count). The molecular weight excluding hydrogens is 301 g/mol. The van der Waals surface area contributed by atoms with E-state index >= 15 is 0 Å². The fourth-order valence-corrected chi connectivity index (χ4v) is 2.47. The summed E-state index contributed by atoms with van der Waals surface area (Å²) >= 11 is 0. The van der Waals surface area contributed by atoms with Gasteiger partial charge < -0.3 is 15.3 Å². The van der Waals surface area contributed by atoms with Crippen LogP contribution in [0, 0.1) is 5.82 Å². The van der Waals surface area contributed by atoms with Crippen molar-refractivity contribution in [2.24, 2.45) is 0 Å². The molecule has 1 saturated heterocycles. The van der Waals surface area contributed by atoms with Crippen LogP contribution in [0.2, 0.25) is 0 Å². The van der Waals surface area contributed by atoms with Crippen molar-refractivity contribution < 1.29 is 19.1 Å². The van der Waals surface area contributed by atoms with E-state index in [2.05, 4.69) is 10.2 Å². The number of benzene rings is 1. The fraction of sp³-hybridized carbons (Fsp3) is 0.500. The van der Waals surface area contributed by atoms with Crippen molar-refractivity contribution in [3.05, 3.63) is 30.1 Å². The second-order valence-electron chi connectivity index (χ2n) is 5.65. The maximum atomic E-state index is 12.8. The van der Waals surface area contributed by atoms with Gasteiger partial charge in [0.2, 0.25) is 5.91 Å². The maximum Gasteiger partial charge on any atom is 0.251 e. The van der Waals surface area contributed by atoms with Crippen LogP contribution in [0.15, 0.2) is 24.3 Å². The molecule has 1 fully saturated rings. The van der Waals surface area contributed by atoms with Crippen molar-refractivity contribution in [3.8, 4) is 0 Å². The molecule has 126 valence electrons. The van der Waals surface area contributed by atoms with Crippen molar-refractivity contribution in [1.82, 2.24) is 9.80 Å². The van der Waals surface area contributed by atoms with E-state index in [-0.39, 0.29) is 17.6 Å². The lowest BCUT2D eigenvalue weighted by molar-refractivity contribution is -0.141. The molecular formula is C16H22FN3O3. The summed E-state index contributed by atoms with van der Waals surface area (Å²) in [6, 6.07) is 5.64. The third-order valence-corrected chi connectivity index (χ3v) is 3.82. The van der Waals surface area contributed by atoms with Gasteiger partial charge in [0, 0.05) is 44.8 Å². The Bertz CT molecular complexity index is 540. The van der Waals surface area contributed by atoms with Crippen LogP contribution in [-0.2, 0) is 9.59 Å². The van der Waals surface area contributed by atoms with Crippen LogP contribution in [0.5, 0.6) is 0 Å². The van der Waals surface area contributed by atoms with Crippen molar-refractivity contribution in [1.29, 1.82) is 0 Å². The minimum Gasteiger partial charge on any atom is -0.384 e. The molecule has 6 nitrogen and oxygen atoms in total. The number of aliphatic hydroxyl groups excluding tert-OH is 1. The number of amides is 2. The van der Waals surface area contributed by atoms with Gasteiger partial charge in [0.15, 0.2) is 0 Å². The molecule has 0 aromatic heterocycles. The number of anilines is 1. The monoisotopic (exact) mass is 323 g/mol. The van der Waals surface area contributed by atoms with Gasteiger partial charge in [0.1, 0.15) is 11.9 Å². The largest absolute Gasteiger partial charge is 0.384 e. The van der Waals surface area contributed by atoms with E-state index in [9.17, 15) is 19.1 Å². The second-order valence-corrected chi connectivity index (χ2v) is 5.65. The zero-order chi connectivity index (χ0) is 16.8. The highest BCUT2D eigenvalue weighted by Crippen LogP contribution is 2.09. The Balaban J connectivity index is 1.69. The van der Waals surface area contributed by atoms with E-state index in [1.165, 1.54) is 31.2 Å². The van der Waals surface area contributed by atoms with E-state index in [4.69, 9.17) is 0 Å². The third-order valence-electron chi connectivity index (χ3n) is 3.82. The molecule has 2 amide bonds. The predicted octanol–water partition coefficient (Wildman–Crippen LogP) is 0.679. The number of rotatable bonds is 5. The molecule has 23 heavy (non-hydrogen) atoms. The highest BCUT2D eigenvalue weighted by Gasteiger charge is 2.23. The highest BCUT2D eigenvalue weighted by atomic mass is 19.1. The zero-order valence-corrected chi connectivity index (χ0v) is 13.2. The first-order valence-electron chi connectivity index (χ1n) is 7.70. The van der Waals surface area contributed by atoms with Gasteiger partial charge in [-0.25, -0.2) is 4.39 Å². The number of nitrogens with zero attached hydrogens (tertiary/aromatic N) is 2. The van der Waals surface area contributed by atoms with Gasteiger partial charge in [-0.1, -0.05) is 0 Å². The Morgan fingerprint density at radius 2 is 1.83 bits per heavy atom. The van der Waals surface area contributed by atoms with E-state index in [1.807, 2.05) is 0 Å². The van der Waals surface area contributed by atoms with Crippen LogP contribution in [0.25, 0.3) is 0 Å². The molecule has 1 heterocycles. The summed E-state index contributed by atoms with van der Waals surface area (Å²) in [4.78, 5) is 27.3. The van der Waals surface area contributed by atoms with Crippen LogP contribution in [0.4, 0.5) is 10.1 Å². The van der Waals surface area contributed by atoms with Crippen LogP contribution >= 0.6 is 0 Å². The summed E-state index contributed by atoms with van der Waals surface area (Å²) in [5, 5.41) is 12.0. The topological polar surface area (TPSA) is 72.9 Å². The number of nitrogens with one attached hydrogen (secondary N) is 1. The van der Waals surface area contributed by atoms with Crippen molar-refractivity contribution in [2.45, 2.75) is 19.4 Å². The second kappa shape index (κ2) is 8.03. The maximum absolute atomic E-state index is 12.8. The number of hydrogen-bond acceptors (Lipinski definition) is 4. The standard InChI is InChI=1S/C16H22FN3O3/c1-12(21)16(23)20-10-8-19(9-11-20)7-6-15(22)18-14-4-2-13(17)3-5-14/h2-5,12,21H,6-11H2,1H3,(H,18,22)/t12-/m1/s1. The van der Waals surface area contributed by atoms with Crippen LogP contribution in [-0.4, -0.2) is 65.5 Å². The number of aliphatic hydroxyl groups is 1. The lowest BCUT2D eigenvalue weighted by Gasteiger charge is -2.35. The summed E-state index contributed by atoms with van der Waals surface area (Å²) in [6.45, 7) is 4.55.